The van der Waals surface area contributed by atoms with Crippen LogP contribution in [0.5, 0.6) is 5.75 Å². The molecule has 0 saturated carbocycles. The summed E-state index contributed by atoms with van der Waals surface area (Å²) in [4.78, 5) is 12.7. The molecule has 2 aromatic carbocycles. The molecule has 176 valence electrons. The van der Waals surface area contributed by atoms with Crippen LogP contribution in [0, 0.1) is 19.8 Å². The Kier molecular flexibility index (Phi) is 9.13. The van der Waals surface area contributed by atoms with E-state index in [1.807, 2.05) is 56.3 Å². The van der Waals surface area contributed by atoms with Crippen LogP contribution in [0.15, 0.2) is 42.5 Å². The van der Waals surface area contributed by atoms with Gasteiger partial charge in [-0.2, -0.15) is 0 Å². The summed E-state index contributed by atoms with van der Waals surface area (Å²) in [5.74, 6) is 1.10. The minimum Gasteiger partial charge on any atom is -0.497 e. The minimum absolute atomic E-state index is 0.0825. The number of nitrogens with zero attached hydrogens (tertiary/aromatic N) is 1. The minimum atomic E-state index is -3.45. The van der Waals surface area contributed by atoms with Crippen LogP contribution in [0.25, 0.3) is 0 Å². The largest absolute Gasteiger partial charge is 0.497 e. The molecule has 0 unspecified atom stereocenters. The Bertz CT molecular complexity index is 1000. The SMILES string of the molecule is COc1ccc([C@H](CC(C)C)NC(=O)CCCN(c2cccc(C)c2C)S(C)(=O)=O)cc1. The van der Waals surface area contributed by atoms with E-state index in [2.05, 4.69) is 19.2 Å². The number of methoxy groups -OCH3 is 1. The molecular formula is C25H36N2O4S. The summed E-state index contributed by atoms with van der Waals surface area (Å²) in [5, 5.41) is 3.13. The van der Waals surface area contributed by atoms with E-state index >= 15 is 0 Å². The number of aryl methyl sites for hydroxylation is 1. The van der Waals surface area contributed by atoms with E-state index in [0.29, 0.717) is 18.0 Å². The van der Waals surface area contributed by atoms with Crippen LogP contribution in [-0.2, 0) is 14.8 Å². The number of carbonyl (C=O) groups excluding carboxylic acids is 1. The summed E-state index contributed by atoms with van der Waals surface area (Å²) in [6.45, 7) is 8.38. The lowest BCUT2D eigenvalue weighted by Gasteiger charge is -2.25. The number of amides is 1. The van der Waals surface area contributed by atoms with Crippen molar-refractivity contribution in [1.29, 1.82) is 0 Å². The third kappa shape index (κ3) is 7.26. The first-order chi connectivity index (χ1) is 15.0. The molecule has 2 rings (SSSR count). The number of hydrogen-bond acceptors (Lipinski definition) is 4. The summed E-state index contributed by atoms with van der Waals surface area (Å²) < 4.78 is 31.5. The fraction of sp³-hybridized carbons (Fsp3) is 0.480. The highest BCUT2D eigenvalue weighted by molar-refractivity contribution is 7.92. The highest BCUT2D eigenvalue weighted by Crippen LogP contribution is 2.26. The van der Waals surface area contributed by atoms with Crippen molar-refractivity contribution in [2.45, 2.75) is 53.0 Å². The van der Waals surface area contributed by atoms with Crippen molar-refractivity contribution in [3.05, 3.63) is 59.2 Å². The summed E-state index contributed by atoms with van der Waals surface area (Å²) in [6.07, 6.45) is 2.71. The van der Waals surface area contributed by atoms with Crippen LogP contribution in [-0.4, -0.2) is 34.2 Å². The number of sulfonamides is 1. The third-order valence-electron chi connectivity index (χ3n) is 5.57. The van der Waals surface area contributed by atoms with Gasteiger partial charge in [-0.1, -0.05) is 38.1 Å². The van der Waals surface area contributed by atoms with Gasteiger partial charge in [-0.3, -0.25) is 9.10 Å². The second-order valence-electron chi connectivity index (χ2n) is 8.68. The fourth-order valence-electron chi connectivity index (χ4n) is 3.71. The number of anilines is 1. The van der Waals surface area contributed by atoms with Crippen molar-refractivity contribution in [3.8, 4) is 5.75 Å². The zero-order valence-electron chi connectivity index (χ0n) is 20.0. The van der Waals surface area contributed by atoms with Crippen molar-refractivity contribution < 1.29 is 17.9 Å². The first-order valence-electron chi connectivity index (χ1n) is 11.0. The molecule has 0 fully saturated rings. The first kappa shape index (κ1) is 25.7. The standard InChI is InChI=1S/C25H36N2O4S/c1-18(2)17-23(21-12-14-22(31-5)15-13-21)26-25(28)11-8-16-27(32(6,29)30)24-10-7-9-19(3)20(24)4/h7,9-10,12-15,18,23H,8,11,16-17H2,1-6H3,(H,26,28)/t23-/m0/s1. The molecule has 0 bridgehead atoms. The Morgan fingerprint density at radius 2 is 1.75 bits per heavy atom. The maximum atomic E-state index is 12.7. The zero-order valence-corrected chi connectivity index (χ0v) is 20.8. The van der Waals surface area contributed by atoms with Crippen LogP contribution in [0.1, 0.15) is 55.8 Å². The molecule has 1 atom stereocenters. The van der Waals surface area contributed by atoms with E-state index in [0.717, 1.165) is 28.9 Å². The summed E-state index contributed by atoms with van der Waals surface area (Å²) in [5.41, 5.74) is 3.66. The van der Waals surface area contributed by atoms with Crippen molar-refractivity contribution in [3.63, 3.8) is 0 Å². The van der Waals surface area contributed by atoms with Crippen LogP contribution in [0.3, 0.4) is 0 Å². The number of ether oxygens (including phenoxy) is 1. The van der Waals surface area contributed by atoms with E-state index in [9.17, 15) is 13.2 Å². The predicted octanol–water partition coefficient (Wildman–Crippen LogP) is 4.76. The highest BCUT2D eigenvalue weighted by atomic mass is 32.2. The lowest BCUT2D eigenvalue weighted by Crippen LogP contribution is -2.33. The molecular weight excluding hydrogens is 424 g/mol. The van der Waals surface area contributed by atoms with Gasteiger partial charge < -0.3 is 10.1 Å². The average molecular weight is 461 g/mol. The number of hydrogen-bond donors (Lipinski definition) is 1. The molecule has 2 aromatic rings. The molecule has 0 aliphatic carbocycles. The molecule has 0 saturated heterocycles. The molecule has 0 aliphatic heterocycles. The van der Waals surface area contributed by atoms with Gasteiger partial charge in [-0.25, -0.2) is 8.42 Å². The Morgan fingerprint density at radius 1 is 1.09 bits per heavy atom. The Hall–Kier alpha value is -2.54. The van der Waals surface area contributed by atoms with E-state index < -0.39 is 10.0 Å². The van der Waals surface area contributed by atoms with Gasteiger partial charge in [0.25, 0.3) is 0 Å². The van der Waals surface area contributed by atoms with E-state index in [4.69, 9.17) is 4.74 Å². The summed E-state index contributed by atoms with van der Waals surface area (Å²) >= 11 is 0. The Labute approximate surface area is 193 Å². The Morgan fingerprint density at radius 3 is 2.31 bits per heavy atom. The fourth-order valence-corrected chi connectivity index (χ4v) is 4.72. The summed E-state index contributed by atoms with van der Waals surface area (Å²) in [7, 11) is -1.83. The maximum Gasteiger partial charge on any atom is 0.232 e. The highest BCUT2D eigenvalue weighted by Gasteiger charge is 2.21. The normalized spacial score (nSPS) is 12.5. The van der Waals surface area contributed by atoms with Crippen LogP contribution in [0.2, 0.25) is 0 Å². The second-order valence-corrected chi connectivity index (χ2v) is 10.6. The van der Waals surface area contributed by atoms with Crippen LogP contribution >= 0.6 is 0 Å². The van der Waals surface area contributed by atoms with Crippen molar-refractivity contribution >= 4 is 21.6 Å². The molecule has 6 nitrogen and oxygen atoms in total. The Balaban J connectivity index is 2.05. The smallest absolute Gasteiger partial charge is 0.232 e. The number of rotatable bonds is 11. The summed E-state index contributed by atoms with van der Waals surface area (Å²) in [6, 6.07) is 13.3. The van der Waals surface area contributed by atoms with E-state index in [-0.39, 0.29) is 24.9 Å². The van der Waals surface area contributed by atoms with Crippen LogP contribution in [0.4, 0.5) is 5.69 Å². The lowest BCUT2D eigenvalue weighted by molar-refractivity contribution is -0.122. The number of carbonyl (C=O) groups is 1. The zero-order chi connectivity index (χ0) is 23.9. The molecule has 0 aromatic heterocycles. The van der Waals surface area contributed by atoms with Gasteiger partial charge in [0.2, 0.25) is 15.9 Å². The van der Waals surface area contributed by atoms with Gasteiger partial charge in [0, 0.05) is 13.0 Å². The van der Waals surface area contributed by atoms with Gasteiger partial charge in [-0.15, -0.1) is 0 Å². The van der Waals surface area contributed by atoms with Gasteiger partial charge in [0.15, 0.2) is 0 Å². The second kappa shape index (κ2) is 11.4. The van der Waals surface area contributed by atoms with Gasteiger partial charge in [0.05, 0.1) is 25.1 Å². The molecule has 7 heteroatoms. The topological polar surface area (TPSA) is 75.7 Å². The molecule has 0 heterocycles. The first-order valence-corrected chi connectivity index (χ1v) is 12.8. The predicted molar refractivity (Wildman–Crippen MR) is 131 cm³/mol. The van der Waals surface area contributed by atoms with Crippen molar-refractivity contribution in [1.82, 2.24) is 5.32 Å². The van der Waals surface area contributed by atoms with E-state index in [1.54, 1.807) is 7.11 Å². The molecule has 1 N–H and O–H groups in total. The van der Waals surface area contributed by atoms with Crippen molar-refractivity contribution in [2.75, 3.05) is 24.2 Å². The van der Waals surface area contributed by atoms with Gasteiger partial charge >= 0.3 is 0 Å². The average Bonchev–Trinajstić information content (AvgIpc) is 2.72. The third-order valence-corrected chi connectivity index (χ3v) is 6.75. The molecule has 0 spiro atoms. The molecule has 0 radical (unpaired) electrons. The van der Waals surface area contributed by atoms with Crippen LogP contribution < -0.4 is 14.4 Å². The monoisotopic (exact) mass is 460 g/mol. The van der Waals surface area contributed by atoms with E-state index in [1.165, 1.54) is 10.6 Å². The van der Waals surface area contributed by atoms with Crippen molar-refractivity contribution in [2.24, 2.45) is 5.92 Å². The van der Waals surface area contributed by atoms with Gasteiger partial charge in [-0.05, 0) is 67.5 Å². The quantitative estimate of drug-likeness (QED) is 0.524. The molecule has 32 heavy (non-hydrogen) atoms. The van der Waals surface area contributed by atoms with Gasteiger partial charge in [0.1, 0.15) is 5.75 Å². The number of nitrogens with one attached hydrogen (secondary N) is 1. The molecule has 0 aliphatic rings. The lowest BCUT2D eigenvalue weighted by atomic mass is 9.96. The molecule has 1 amide bonds. The maximum absolute atomic E-state index is 12.7. The number of benzene rings is 2.